The van der Waals surface area contributed by atoms with Gasteiger partial charge >= 0.3 is 0 Å². The van der Waals surface area contributed by atoms with Gasteiger partial charge in [-0.05, 0) is 25.8 Å². The van der Waals surface area contributed by atoms with E-state index in [0.717, 1.165) is 32.5 Å². The summed E-state index contributed by atoms with van der Waals surface area (Å²) in [5, 5.41) is 0. The summed E-state index contributed by atoms with van der Waals surface area (Å²) in [5.41, 5.74) is 5.25. The van der Waals surface area contributed by atoms with E-state index in [0.29, 0.717) is 12.3 Å². The first-order valence-electron chi connectivity index (χ1n) is 5.40. The Morgan fingerprint density at radius 1 is 1.43 bits per heavy atom. The van der Waals surface area contributed by atoms with E-state index in [9.17, 15) is 4.79 Å². The maximum Gasteiger partial charge on any atom is 0.141 e. The molecule has 0 aliphatic carbocycles. The van der Waals surface area contributed by atoms with Gasteiger partial charge in [0.25, 0.3) is 0 Å². The first kappa shape index (κ1) is 11.7. The summed E-state index contributed by atoms with van der Waals surface area (Å²) < 4.78 is 5.25. The Morgan fingerprint density at radius 3 is 2.50 bits per heavy atom. The topological polar surface area (TPSA) is 52.3 Å². The number of ether oxygens (including phenoxy) is 1. The third-order valence-electron chi connectivity index (χ3n) is 3.03. The summed E-state index contributed by atoms with van der Waals surface area (Å²) in [6.45, 7) is 6.04. The lowest BCUT2D eigenvalue weighted by Crippen LogP contribution is -2.35. The molecule has 3 heteroatoms. The smallest absolute Gasteiger partial charge is 0.141 e. The van der Waals surface area contributed by atoms with Crippen LogP contribution in [0.3, 0.4) is 0 Å². The van der Waals surface area contributed by atoms with Gasteiger partial charge in [0.15, 0.2) is 0 Å². The van der Waals surface area contributed by atoms with Crippen molar-refractivity contribution in [1.29, 1.82) is 0 Å². The lowest BCUT2D eigenvalue weighted by Gasteiger charge is -2.30. The zero-order chi connectivity index (χ0) is 10.6. The number of Topliss-reactive ketones (excluding diaryl/α,β-unsaturated/α-hetero) is 1. The van der Waals surface area contributed by atoms with Crippen LogP contribution in [0, 0.1) is 11.3 Å². The van der Waals surface area contributed by atoms with E-state index >= 15 is 0 Å². The van der Waals surface area contributed by atoms with E-state index in [4.69, 9.17) is 10.5 Å². The number of nitrogens with two attached hydrogens (primary N) is 1. The molecule has 1 aliphatic rings. The van der Waals surface area contributed by atoms with Gasteiger partial charge < -0.3 is 10.5 Å². The second-order valence-electron chi connectivity index (χ2n) is 4.67. The van der Waals surface area contributed by atoms with Crippen molar-refractivity contribution in [3.05, 3.63) is 0 Å². The van der Waals surface area contributed by atoms with Crippen molar-refractivity contribution in [2.75, 3.05) is 19.8 Å². The van der Waals surface area contributed by atoms with Gasteiger partial charge in [-0.1, -0.05) is 13.8 Å². The number of hydrogen-bond donors (Lipinski definition) is 1. The minimum atomic E-state index is -0.253. The van der Waals surface area contributed by atoms with E-state index in [1.807, 2.05) is 13.8 Å². The van der Waals surface area contributed by atoms with Gasteiger partial charge in [0, 0.05) is 24.5 Å². The molecule has 0 aromatic heterocycles. The lowest BCUT2D eigenvalue weighted by atomic mass is 9.76. The zero-order valence-electron chi connectivity index (χ0n) is 9.21. The van der Waals surface area contributed by atoms with Crippen molar-refractivity contribution in [3.63, 3.8) is 0 Å². The first-order valence-corrected chi connectivity index (χ1v) is 5.40. The molecule has 1 aliphatic heterocycles. The molecule has 0 aromatic carbocycles. The third-order valence-corrected chi connectivity index (χ3v) is 3.03. The molecule has 1 fully saturated rings. The van der Waals surface area contributed by atoms with Gasteiger partial charge in [0.2, 0.25) is 0 Å². The number of carbonyl (C=O) groups is 1. The predicted molar refractivity (Wildman–Crippen MR) is 56.0 cm³/mol. The molecule has 1 saturated heterocycles. The molecule has 0 amide bonds. The van der Waals surface area contributed by atoms with Crippen LogP contribution < -0.4 is 5.73 Å². The highest BCUT2D eigenvalue weighted by Gasteiger charge is 2.33. The van der Waals surface area contributed by atoms with Crippen LogP contribution in [0.1, 0.15) is 33.1 Å². The molecular formula is C11H21NO2. The molecule has 82 valence electrons. The summed E-state index contributed by atoms with van der Waals surface area (Å²) >= 11 is 0. The molecule has 0 aromatic rings. The van der Waals surface area contributed by atoms with Crippen molar-refractivity contribution >= 4 is 5.78 Å². The number of carbonyl (C=O) groups excluding carboxylic acids is 1. The number of rotatable bonds is 4. The highest BCUT2D eigenvalue weighted by molar-refractivity contribution is 5.86. The van der Waals surface area contributed by atoms with Gasteiger partial charge in [0.05, 0.1) is 0 Å². The molecule has 1 rings (SSSR count). The summed E-state index contributed by atoms with van der Waals surface area (Å²) in [4.78, 5) is 12.1. The fraction of sp³-hybridized carbons (Fsp3) is 0.909. The fourth-order valence-corrected chi connectivity index (χ4v) is 2.00. The largest absolute Gasteiger partial charge is 0.381 e. The molecule has 14 heavy (non-hydrogen) atoms. The van der Waals surface area contributed by atoms with Crippen LogP contribution in [0.25, 0.3) is 0 Å². The van der Waals surface area contributed by atoms with Crippen LogP contribution in [-0.4, -0.2) is 25.5 Å². The highest BCUT2D eigenvalue weighted by Crippen LogP contribution is 2.29. The van der Waals surface area contributed by atoms with Crippen LogP contribution in [0.15, 0.2) is 0 Å². The van der Waals surface area contributed by atoms with Crippen LogP contribution in [0.5, 0.6) is 0 Å². The Labute approximate surface area is 86.0 Å². The van der Waals surface area contributed by atoms with Crippen molar-refractivity contribution in [2.45, 2.75) is 33.1 Å². The molecule has 3 nitrogen and oxygen atoms in total. The van der Waals surface area contributed by atoms with Crippen molar-refractivity contribution in [2.24, 2.45) is 17.1 Å². The summed E-state index contributed by atoms with van der Waals surface area (Å²) in [5.74, 6) is 0.566. The lowest BCUT2D eigenvalue weighted by molar-refractivity contribution is -0.134. The summed E-state index contributed by atoms with van der Waals surface area (Å²) in [7, 11) is 0. The summed E-state index contributed by atoms with van der Waals surface area (Å²) in [6.07, 6.45) is 2.54. The number of hydrogen-bond acceptors (Lipinski definition) is 3. The Hall–Kier alpha value is -0.410. The van der Waals surface area contributed by atoms with Gasteiger partial charge in [-0.25, -0.2) is 0 Å². The number of ketones is 1. The second-order valence-corrected chi connectivity index (χ2v) is 4.67. The Balaban J connectivity index is 2.53. The monoisotopic (exact) mass is 199 g/mol. The minimum Gasteiger partial charge on any atom is -0.381 e. The zero-order valence-corrected chi connectivity index (χ0v) is 9.21. The molecule has 2 N–H and O–H groups in total. The van der Waals surface area contributed by atoms with Gasteiger partial charge in [-0.2, -0.15) is 0 Å². The first-order chi connectivity index (χ1) is 6.58. The third kappa shape index (κ3) is 2.79. The molecule has 0 unspecified atom stereocenters. The SMILES string of the molecule is CC(C)(CCN)C(=O)C1CCOCC1. The molecule has 0 spiro atoms. The van der Waals surface area contributed by atoms with Crippen LogP contribution in [0.4, 0.5) is 0 Å². The molecule has 0 radical (unpaired) electrons. The van der Waals surface area contributed by atoms with Crippen molar-refractivity contribution in [1.82, 2.24) is 0 Å². The minimum absolute atomic E-state index is 0.199. The second kappa shape index (κ2) is 4.89. The Kier molecular flexibility index (Phi) is 4.08. The molecule has 0 saturated carbocycles. The molecule has 1 heterocycles. The Morgan fingerprint density at radius 2 is 2.00 bits per heavy atom. The van der Waals surface area contributed by atoms with E-state index in [2.05, 4.69) is 0 Å². The summed E-state index contributed by atoms with van der Waals surface area (Å²) in [6, 6.07) is 0. The fourth-order valence-electron chi connectivity index (χ4n) is 2.00. The van der Waals surface area contributed by atoms with Crippen LogP contribution >= 0.6 is 0 Å². The van der Waals surface area contributed by atoms with Crippen LogP contribution in [-0.2, 0) is 9.53 Å². The van der Waals surface area contributed by atoms with Crippen molar-refractivity contribution in [3.8, 4) is 0 Å². The molecule has 0 bridgehead atoms. The Bertz CT molecular complexity index is 195. The molecule has 0 atom stereocenters. The van der Waals surface area contributed by atoms with Crippen LogP contribution in [0.2, 0.25) is 0 Å². The normalized spacial score (nSPS) is 19.6. The maximum atomic E-state index is 12.1. The average Bonchev–Trinajstić information content (AvgIpc) is 2.18. The van der Waals surface area contributed by atoms with Gasteiger partial charge in [0.1, 0.15) is 5.78 Å². The van der Waals surface area contributed by atoms with E-state index in [1.54, 1.807) is 0 Å². The van der Waals surface area contributed by atoms with Crippen molar-refractivity contribution < 1.29 is 9.53 Å². The average molecular weight is 199 g/mol. The predicted octanol–water partition coefficient (Wildman–Crippen LogP) is 1.36. The van der Waals surface area contributed by atoms with E-state index in [1.165, 1.54) is 0 Å². The molecular weight excluding hydrogens is 178 g/mol. The maximum absolute atomic E-state index is 12.1. The standard InChI is InChI=1S/C11H21NO2/c1-11(2,5-6-12)10(13)9-3-7-14-8-4-9/h9H,3-8,12H2,1-2H3. The van der Waals surface area contributed by atoms with E-state index < -0.39 is 0 Å². The van der Waals surface area contributed by atoms with Gasteiger partial charge in [-0.3, -0.25) is 4.79 Å². The van der Waals surface area contributed by atoms with E-state index in [-0.39, 0.29) is 11.3 Å². The quantitative estimate of drug-likeness (QED) is 0.743. The highest BCUT2D eigenvalue weighted by atomic mass is 16.5. The van der Waals surface area contributed by atoms with Gasteiger partial charge in [-0.15, -0.1) is 0 Å².